The molecule has 0 aromatic carbocycles. The van der Waals surface area contributed by atoms with Gasteiger partial charge in [0.1, 0.15) is 0 Å². The van der Waals surface area contributed by atoms with Crippen molar-refractivity contribution in [3.63, 3.8) is 0 Å². The van der Waals surface area contributed by atoms with Crippen molar-refractivity contribution in [2.45, 2.75) is 71.1 Å². The van der Waals surface area contributed by atoms with Gasteiger partial charge in [-0.2, -0.15) is 0 Å². The molecule has 12 atom stereocenters. The average Bonchev–Trinajstić information content (AvgIpc) is 3.20. The second-order valence-electron chi connectivity index (χ2n) is 19.4. The fourth-order valence-corrected chi connectivity index (χ4v) is 9.52. The van der Waals surface area contributed by atoms with Crippen LogP contribution in [0.3, 0.4) is 0 Å². The van der Waals surface area contributed by atoms with Gasteiger partial charge in [-0.15, -0.1) is 0 Å². The van der Waals surface area contributed by atoms with Gasteiger partial charge in [-0.1, -0.05) is 27.7 Å². The van der Waals surface area contributed by atoms with Crippen LogP contribution < -0.4 is 0 Å². The summed E-state index contributed by atoms with van der Waals surface area (Å²) in [7, 11) is 9.75. The minimum atomic E-state index is -1.02. The second kappa shape index (κ2) is 28.7. The van der Waals surface area contributed by atoms with E-state index in [0.29, 0.717) is 49.9 Å². The Morgan fingerprint density at radius 3 is 1.31 bits per heavy atom. The highest BCUT2D eigenvalue weighted by molar-refractivity contribution is 5.67. The van der Waals surface area contributed by atoms with Gasteiger partial charge in [-0.05, 0) is 83.1 Å². The largest absolute Gasteiger partial charge is 0.481 e. The zero-order valence-electron chi connectivity index (χ0n) is 38.8. The van der Waals surface area contributed by atoms with Crippen LogP contribution in [0.4, 0.5) is 0 Å². The van der Waals surface area contributed by atoms with Gasteiger partial charge < -0.3 is 85.8 Å². The SMILES string of the molecule is CC1C(CO)CN(C)CC1CO.CC1C(O)CN(C)CC1CO.CC1C(O)CN(C)CC1O.CC1CN(C)CC(CCO)C1O.CN1CC(CC(=O)O)C(O)C(CO)(CO)C1. The van der Waals surface area contributed by atoms with Crippen LogP contribution in [-0.4, -0.2) is 263 Å². The number of likely N-dealkylation sites (N-methyl/N-ethyl adjacent to an activating group) is 2. The lowest BCUT2D eigenvalue weighted by Crippen LogP contribution is -2.59. The van der Waals surface area contributed by atoms with Crippen molar-refractivity contribution < 1.29 is 66.1 Å². The van der Waals surface area contributed by atoms with Crippen molar-refractivity contribution in [1.82, 2.24) is 24.5 Å². The summed E-state index contributed by atoms with van der Waals surface area (Å²) in [5.41, 5.74) is -1.02. The minimum Gasteiger partial charge on any atom is -0.481 e. The molecular weight excluding hydrogens is 794 g/mol. The Labute approximate surface area is 366 Å². The molecule has 364 valence electrons. The van der Waals surface area contributed by atoms with E-state index in [9.17, 15) is 40.5 Å². The molecule has 0 aromatic rings. The van der Waals surface area contributed by atoms with Crippen LogP contribution in [0.15, 0.2) is 0 Å². The summed E-state index contributed by atoms with van der Waals surface area (Å²) in [6, 6.07) is 0. The number of carbonyl (C=O) groups is 1. The number of aliphatic hydroxyl groups excluding tert-OH is 11. The van der Waals surface area contributed by atoms with Gasteiger partial charge in [-0.25, -0.2) is 0 Å². The lowest BCUT2D eigenvalue weighted by Gasteiger charge is -2.46. The van der Waals surface area contributed by atoms with Crippen LogP contribution in [0.2, 0.25) is 0 Å². The molecule has 5 fully saturated rings. The van der Waals surface area contributed by atoms with Crippen LogP contribution in [0.1, 0.15) is 40.5 Å². The number of carboxylic acid groups (broad SMARTS) is 1. The van der Waals surface area contributed by atoms with E-state index in [0.717, 1.165) is 45.7 Å². The van der Waals surface area contributed by atoms with Crippen molar-refractivity contribution in [2.24, 2.45) is 58.7 Å². The van der Waals surface area contributed by atoms with Crippen molar-refractivity contribution in [2.75, 3.05) is 140 Å². The minimum absolute atomic E-state index is 0.0243. The first-order valence-corrected chi connectivity index (χ1v) is 22.2. The molecule has 0 saturated carbocycles. The summed E-state index contributed by atoms with van der Waals surface area (Å²) in [5.74, 6) is 0.748. The van der Waals surface area contributed by atoms with Gasteiger partial charge in [-0.3, -0.25) is 4.79 Å². The summed E-state index contributed by atoms with van der Waals surface area (Å²) in [4.78, 5) is 20.9. The van der Waals surface area contributed by atoms with Gasteiger partial charge in [0, 0.05) is 104 Å². The number of likely N-dealkylation sites (tertiary alicyclic amines) is 5. The maximum atomic E-state index is 10.7. The molecule has 0 aliphatic carbocycles. The van der Waals surface area contributed by atoms with Gasteiger partial charge in [0.25, 0.3) is 0 Å². The molecule has 5 saturated heterocycles. The van der Waals surface area contributed by atoms with Crippen molar-refractivity contribution in [3.8, 4) is 0 Å². The fraction of sp³-hybridized carbons (Fsp3) is 0.977. The fourth-order valence-electron chi connectivity index (χ4n) is 9.52. The monoisotopic (exact) mass is 884 g/mol. The third kappa shape index (κ3) is 18.7. The number of aliphatic hydroxyl groups is 11. The van der Waals surface area contributed by atoms with E-state index in [-0.39, 0.29) is 94.1 Å². The summed E-state index contributed by atoms with van der Waals surface area (Å²) < 4.78 is 0. The molecule has 0 radical (unpaired) electrons. The van der Waals surface area contributed by atoms with Gasteiger partial charge in [0.05, 0.1) is 55.6 Å². The van der Waals surface area contributed by atoms with Crippen molar-refractivity contribution >= 4 is 5.97 Å². The highest BCUT2D eigenvalue weighted by atomic mass is 16.4. The van der Waals surface area contributed by atoms with Gasteiger partial charge in [0.15, 0.2) is 0 Å². The first-order valence-electron chi connectivity index (χ1n) is 22.2. The molecule has 12 N–H and O–H groups in total. The zero-order valence-corrected chi connectivity index (χ0v) is 38.8. The smallest absolute Gasteiger partial charge is 0.303 e. The second-order valence-corrected chi connectivity index (χ2v) is 19.4. The lowest BCUT2D eigenvalue weighted by molar-refractivity contribution is -0.150. The van der Waals surface area contributed by atoms with E-state index >= 15 is 0 Å². The maximum absolute atomic E-state index is 10.7. The Balaban J connectivity index is 0.000000385. The van der Waals surface area contributed by atoms with Gasteiger partial charge >= 0.3 is 5.97 Å². The van der Waals surface area contributed by atoms with Crippen molar-refractivity contribution in [1.29, 1.82) is 0 Å². The van der Waals surface area contributed by atoms with E-state index in [1.807, 2.05) is 44.8 Å². The normalized spacial score (nSPS) is 37.6. The molecule has 5 aliphatic heterocycles. The molecule has 5 rings (SSSR count). The number of hydrogen-bond acceptors (Lipinski definition) is 17. The lowest BCUT2D eigenvalue weighted by atomic mass is 9.73. The third-order valence-corrected chi connectivity index (χ3v) is 13.9. The molecular formula is C43H89N5O13. The number of piperidine rings is 5. The quantitative estimate of drug-likeness (QED) is 0.109. The molecule has 5 aliphatic rings. The Kier molecular flexibility index (Phi) is 27.2. The molecule has 61 heavy (non-hydrogen) atoms. The molecule has 18 heteroatoms. The highest BCUT2D eigenvalue weighted by Crippen LogP contribution is 2.34. The molecule has 18 nitrogen and oxygen atoms in total. The Hall–Kier alpha value is -1.17. The topological polar surface area (TPSA) is 276 Å². The van der Waals surface area contributed by atoms with Crippen molar-refractivity contribution in [3.05, 3.63) is 0 Å². The number of hydrogen-bond donors (Lipinski definition) is 12. The summed E-state index contributed by atoms with van der Waals surface area (Å²) in [6.07, 6.45) is -1.67. The van der Waals surface area contributed by atoms with Crippen LogP contribution in [0.25, 0.3) is 0 Å². The Morgan fingerprint density at radius 1 is 0.508 bits per heavy atom. The highest BCUT2D eigenvalue weighted by Gasteiger charge is 2.46. The number of β-amino-alcohol motifs (C(OH)–C–C–N with tert-alkyl or cyclic N) is 3. The van der Waals surface area contributed by atoms with Crippen LogP contribution in [0, 0.1) is 58.7 Å². The van der Waals surface area contributed by atoms with E-state index in [4.69, 9.17) is 25.5 Å². The maximum Gasteiger partial charge on any atom is 0.303 e. The standard InChI is InChI=1S/C10H19NO5.2C9H19NO2.C8H17NO2.C7H15NO2/c1-11-3-7(2-8(14)15)9(16)10(4-11,5-12)6-13;1-7-8(5-11)3-10(2)4-9(7)6-12;1-7-5-10(2)6-8(3-4-11)9(7)12;1-6-7(5-10)3-9(2)4-8(6)11;1-5-6(9)3-8(2)4-7(5)10/h7,9,12-13,16H,2-6H2,1H3,(H,14,15);2*7-9,11-12H,3-6H2,1-2H3;6-8,10-11H,3-5H2,1-2H3;5-7,9-10H,3-4H2,1-2H3. The molecule has 0 bridgehead atoms. The molecule has 12 unspecified atom stereocenters. The zero-order chi connectivity index (χ0) is 46.8. The molecule has 0 amide bonds. The molecule has 0 spiro atoms. The van der Waals surface area contributed by atoms with E-state index < -0.39 is 23.4 Å². The molecule has 0 aromatic heterocycles. The van der Waals surface area contributed by atoms with E-state index in [1.54, 1.807) is 7.05 Å². The number of carboxylic acids is 1. The number of nitrogens with zero attached hydrogens (tertiary/aromatic N) is 5. The Bertz CT molecular complexity index is 1150. The van der Waals surface area contributed by atoms with Gasteiger partial charge in [0.2, 0.25) is 0 Å². The number of rotatable bonds is 9. The summed E-state index contributed by atoms with van der Waals surface area (Å²) in [6.45, 7) is 15.8. The first kappa shape index (κ1) is 57.8. The number of aliphatic carboxylic acids is 1. The van der Waals surface area contributed by atoms with Crippen LogP contribution in [-0.2, 0) is 4.79 Å². The van der Waals surface area contributed by atoms with Crippen LogP contribution >= 0.6 is 0 Å². The average molecular weight is 884 g/mol. The molecule has 5 heterocycles. The summed E-state index contributed by atoms with van der Waals surface area (Å²) >= 11 is 0. The Morgan fingerprint density at radius 2 is 0.885 bits per heavy atom. The first-order chi connectivity index (χ1) is 28.5. The van der Waals surface area contributed by atoms with Crippen LogP contribution in [0.5, 0.6) is 0 Å². The predicted molar refractivity (Wildman–Crippen MR) is 233 cm³/mol. The third-order valence-electron chi connectivity index (χ3n) is 13.9. The summed E-state index contributed by atoms with van der Waals surface area (Å²) in [5, 5.41) is 111. The van der Waals surface area contributed by atoms with E-state index in [2.05, 4.69) is 35.6 Å². The predicted octanol–water partition coefficient (Wildman–Crippen LogP) is -3.11. The van der Waals surface area contributed by atoms with E-state index in [1.165, 1.54) is 0 Å².